The maximum atomic E-state index is 9.52. The van der Waals surface area contributed by atoms with Crippen molar-refractivity contribution in [2.45, 2.75) is 0 Å². The van der Waals surface area contributed by atoms with Crippen LogP contribution in [0, 0.1) is 0 Å². The zero-order valence-electron chi connectivity index (χ0n) is 15.8. The van der Waals surface area contributed by atoms with Gasteiger partial charge in [0.15, 0.2) is 11.6 Å². The van der Waals surface area contributed by atoms with Crippen LogP contribution in [0.2, 0.25) is 0 Å². The van der Waals surface area contributed by atoms with Crippen molar-refractivity contribution < 1.29 is 10.2 Å². The van der Waals surface area contributed by atoms with Crippen LogP contribution >= 0.6 is 0 Å². The van der Waals surface area contributed by atoms with Crippen LogP contribution in [0.4, 0.5) is 11.6 Å². The molecular weight excluding hydrogens is 380 g/mol. The fourth-order valence-electron chi connectivity index (χ4n) is 2.82. The molecule has 30 heavy (non-hydrogen) atoms. The maximum Gasteiger partial charge on any atom is 0.176 e. The summed E-state index contributed by atoms with van der Waals surface area (Å²) in [5, 5.41) is 37.4. The summed E-state index contributed by atoms with van der Waals surface area (Å²) in [6.45, 7) is 0. The van der Waals surface area contributed by atoms with Crippen molar-refractivity contribution >= 4 is 34.8 Å². The lowest BCUT2D eigenvalue weighted by atomic mass is 10.2. The Bertz CT molecular complexity index is 1140. The van der Waals surface area contributed by atoms with E-state index < -0.39 is 0 Å². The Labute approximate surface area is 172 Å². The topological polar surface area (TPSA) is 115 Å². The van der Waals surface area contributed by atoms with Gasteiger partial charge in [0.25, 0.3) is 0 Å². The van der Waals surface area contributed by atoms with Gasteiger partial charge >= 0.3 is 0 Å². The molecule has 0 spiro atoms. The molecule has 4 rings (SSSR count). The van der Waals surface area contributed by atoms with Crippen LogP contribution in [0.25, 0.3) is 10.8 Å². The van der Waals surface area contributed by atoms with Gasteiger partial charge in [-0.2, -0.15) is 10.2 Å². The molecule has 0 aliphatic heterocycles. The fraction of sp³-hybridized carbons (Fsp3) is 0. The average Bonchev–Trinajstić information content (AvgIpc) is 2.75. The number of phenols is 2. The third-order valence-electron chi connectivity index (χ3n) is 4.20. The number of anilines is 2. The fourth-order valence-corrected chi connectivity index (χ4v) is 2.82. The molecule has 0 bridgehead atoms. The second-order valence-corrected chi connectivity index (χ2v) is 6.37. The van der Waals surface area contributed by atoms with Crippen molar-refractivity contribution in [3.8, 4) is 11.5 Å². The molecule has 8 heteroatoms. The summed E-state index contributed by atoms with van der Waals surface area (Å²) in [6, 6.07) is 21.1. The number of nitrogens with zero attached hydrogens (tertiary/aromatic N) is 4. The zero-order valence-corrected chi connectivity index (χ0v) is 15.8. The Morgan fingerprint density at radius 3 is 1.53 bits per heavy atom. The molecule has 0 saturated carbocycles. The number of rotatable bonds is 6. The molecule has 0 saturated heterocycles. The number of aromatic nitrogens is 2. The molecule has 4 aromatic rings. The molecule has 4 N–H and O–H groups in total. The van der Waals surface area contributed by atoms with Gasteiger partial charge in [-0.25, -0.2) is 0 Å². The summed E-state index contributed by atoms with van der Waals surface area (Å²) in [4.78, 5) is 0. The van der Waals surface area contributed by atoms with E-state index in [0.29, 0.717) is 11.6 Å². The summed E-state index contributed by atoms with van der Waals surface area (Å²) >= 11 is 0. The first-order valence-corrected chi connectivity index (χ1v) is 9.11. The highest BCUT2D eigenvalue weighted by molar-refractivity contribution is 5.98. The van der Waals surface area contributed by atoms with E-state index in [9.17, 15) is 10.2 Å². The van der Waals surface area contributed by atoms with Crippen LogP contribution in [-0.4, -0.2) is 32.8 Å². The van der Waals surface area contributed by atoms with Crippen LogP contribution in [0.5, 0.6) is 11.5 Å². The monoisotopic (exact) mass is 398 g/mol. The highest BCUT2D eigenvalue weighted by Crippen LogP contribution is 2.26. The second kappa shape index (κ2) is 8.70. The van der Waals surface area contributed by atoms with Crippen molar-refractivity contribution in [2.24, 2.45) is 10.2 Å². The molecule has 0 fully saturated rings. The van der Waals surface area contributed by atoms with Gasteiger partial charge in [0, 0.05) is 10.8 Å². The van der Waals surface area contributed by atoms with Crippen LogP contribution in [0.3, 0.4) is 0 Å². The largest absolute Gasteiger partial charge is 0.508 e. The standard InChI is InChI=1S/C22H18N6O2/c29-17-7-3-5-15(11-17)13-23-25-21-19-9-1-2-10-20(19)22(28-27-21)26-24-14-16-6-4-8-18(30)12-16/h1-14,29-30H,(H,25,27)(H,26,28)/b23-13-,24-14+. The van der Waals surface area contributed by atoms with Gasteiger partial charge in [0.05, 0.1) is 12.4 Å². The van der Waals surface area contributed by atoms with Crippen LogP contribution in [0.1, 0.15) is 11.1 Å². The Hall–Kier alpha value is -4.46. The van der Waals surface area contributed by atoms with Gasteiger partial charge in [-0.1, -0.05) is 48.5 Å². The number of benzene rings is 3. The minimum absolute atomic E-state index is 0.172. The minimum Gasteiger partial charge on any atom is -0.508 e. The summed E-state index contributed by atoms with van der Waals surface area (Å²) in [6.07, 6.45) is 3.17. The molecular formula is C22H18N6O2. The molecule has 3 aromatic carbocycles. The van der Waals surface area contributed by atoms with Crippen molar-refractivity contribution in [1.82, 2.24) is 10.2 Å². The quantitative estimate of drug-likeness (QED) is 0.289. The molecule has 0 atom stereocenters. The van der Waals surface area contributed by atoms with Crippen LogP contribution < -0.4 is 10.9 Å². The van der Waals surface area contributed by atoms with Crippen LogP contribution in [0.15, 0.2) is 83.0 Å². The maximum absolute atomic E-state index is 9.52. The highest BCUT2D eigenvalue weighted by Gasteiger charge is 2.08. The number of hydrogen-bond donors (Lipinski definition) is 4. The van der Waals surface area contributed by atoms with E-state index in [0.717, 1.165) is 21.9 Å². The molecule has 0 aliphatic rings. The Kier molecular flexibility index (Phi) is 5.47. The predicted octanol–water partition coefficient (Wildman–Crippen LogP) is 3.93. The van der Waals surface area contributed by atoms with E-state index in [1.165, 1.54) is 0 Å². The van der Waals surface area contributed by atoms with Gasteiger partial charge < -0.3 is 10.2 Å². The van der Waals surface area contributed by atoms with Gasteiger partial charge in [-0.3, -0.25) is 10.9 Å². The first-order valence-electron chi connectivity index (χ1n) is 9.11. The molecule has 148 valence electrons. The normalized spacial score (nSPS) is 11.3. The summed E-state index contributed by atoms with van der Waals surface area (Å²) in [7, 11) is 0. The Balaban J connectivity index is 1.54. The first kappa shape index (κ1) is 18.9. The first-order chi connectivity index (χ1) is 14.7. The minimum atomic E-state index is 0.172. The van der Waals surface area contributed by atoms with Crippen molar-refractivity contribution in [3.63, 3.8) is 0 Å². The molecule has 1 aromatic heterocycles. The predicted molar refractivity (Wildman–Crippen MR) is 118 cm³/mol. The van der Waals surface area contributed by atoms with E-state index in [2.05, 4.69) is 31.3 Å². The lowest BCUT2D eigenvalue weighted by Crippen LogP contribution is -2.01. The van der Waals surface area contributed by atoms with Gasteiger partial charge in [-0.05, 0) is 35.4 Å². The number of aromatic hydroxyl groups is 2. The summed E-state index contributed by atoms with van der Waals surface area (Å²) in [5.74, 6) is 1.32. The number of hydrazone groups is 2. The number of nitrogens with one attached hydrogen (secondary N) is 2. The van der Waals surface area contributed by atoms with E-state index >= 15 is 0 Å². The van der Waals surface area contributed by atoms with E-state index in [4.69, 9.17) is 0 Å². The van der Waals surface area contributed by atoms with Crippen molar-refractivity contribution in [3.05, 3.63) is 83.9 Å². The molecule has 8 nitrogen and oxygen atoms in total. The lowest BCUT2D eigenvalue weighted by molar-refractivity contribution is 0.474. The Morgan fingerprint density at radius 1 is 0.633 bits per heavy atom. The van der Waals surface area contributed by atoms with Crippen LogP contribution in [-0.2, 0) is 0 Å². The highest BCUT2D eigenvalue weighted by atomic mass is 16.3. The molecule has 0 amide bonds. The third-order valence-corrected chi connectivity index (χ3v) is 4.20. The molecule has 1 heterocycles. The van der Waals surface area contributed by atoms with Gasteiger partial charge in [0.2, 0.25) is 0 Å². The van der Waals surface area contributed by atoms with Crippen molar-refractivity contribution in [1.29, 1.82) is 0 Å². The van der Waals surface area contributed by atoms with Gasteiger partial charge in [-0.15, -0.1) is 10.2 Å². The van der Waals surface area contributed by atoms with E-state index in [1.54, 1.807) is 48.8 Å². The summed E-state index contributed by atoms with van der Waals surface area (Å²) in [5.41, 5.74) is 7.28. The smallest absolute Gasteiger partial charge is 0.176 e. The van der Waals surface area contributed by atoms with Gasteiger partial charge in [0.1, 0.15) is 11.5 Å². The zero-order chi connectivity index (χ0) is 20.8. The second-order valence-electron chi connectivity index (χ2n) is 6.37. The van der Waals surface area contributed by atoms with E-state index in [-0.39, 0.29) is 11.5 Å². The Morgan fingerprint density at radius 2 is 1.10 bits per heavy atom. The molecule has 0 aliphatic carbocycles. The lowest BCUT2D eigenvalue weighted by Gasteiger charge is -2.08. The number of hydrogen-bond acceptors (Lipinski definition) is 8. The third kappa shape index (κ3) is 4.50. The summed E-state index contributed by atoms with van der Waals surface area (Å²) < 4.78 is 0. The van der Waals surface area contributed by atoms with E-state index in [1.807, 2.05) is 36.4 Å². The molecule has 0 radical (unpaired) electrons. The molecule has 0 unspecified atom stereocenters. The average molecular weight is 398 g/mol. The number of phenolic OH excluding ortho intramolecular Hbond substituents is 2. The SMILES string of the molecule is Oc1cccc(/C=N\Nc2nnc(N/N=C/c3cccc(O)c3)c3ccccc23)c1. The van der Waals surface area contributed by atoms with Crippen molar-refractivity contribution in [2.75, 3.05) is 10.9 Å². The number of fused-ring (bicyclic) bond motifs is 1.